The van der Waals surface area contributed by atoms with Crippen LogP contribution in [0.5, 0.6) is 0 Å². The summed E-state index contributed by atoms with van der Waals surface area (Å²) in [6.45, 7) is 6.13. The van der Waals surface area contributed by atoms with Crippen LogP contribution in [0.2, 0.25) is 0 Å². The van der Waals surface area contributed by atoms with Gasteiger partial charge in [0.25, 0.3) is 0 Å². The standard InChI is InChI=1S/C17H18N8S/c1-17(2,3)15-21-22-16(24(15)18)26-13-10-9-12-19-20-14(25(12)23-13)11-7-5-4-6-8-11/h4-10H,18H2,1-3H3. The summed E-state index contributed by atoms with van der Waals surface area (Å²) in [4.78, 5) is 0. The Kier molecular flexibility index (Phi) is 3.87. The van der Waals surface area contributed by atoms with E-state index in [0.29, 0.717) is 16.6 Å². The van der Waals surface area contributed by atoms with Crippen LogP contribution in [0.4, 0.5) is 0 Å². The second-order valence-electron chi connectivity index (χ2n) is 6.86. The average Bonchev–Trinajstić information content (AvgIpc) is 3.19. The smallest absolute Gasteiger partial charge is 0.216 e. The maximum atomic E-state index is 6.16. The zero-order chi connectivity index (χ0) is 18.3. The predicted molar refractivity (Wildman–Crippen MR) is 99.2 cm³/mol. The van der Waals surface area contributed by atoms with Gasteiger partial charge in [-0.3, -0.25) is 0 Å². The van der Waals surface area contributed by atoms with E-state index in [9.17, 15) is 0 Å². The summed E-state index contributed by atoms with van der Waals surface area (Å²) in [5.74, 6) is 7.57. The summed E-state index contributed by atoms with van der Waals surface area (Å²) < 4.78 is 3.24. The molecule has 0 fully saturated rings. The highest BCUT2D eigenvalue weighted by atomic mass is 32.2. The highest BCUT2D eigenvalue weighted by Gasteiger charge is 2.23. The number of fused-ring (bicyclic) bond motifs is 1. The quantitative estimate of drug-likeness (QED) is 0.556. The molecule has 3 aromatic heterocycles. The van der Waals surface area contributed by atoms with Crippen molar-refractivity contribution in [1.29, 1.82) is 0 Å². The molecule has 3 heterocycles. The number of nitrogens with zero attached hydrogens (tertiary/aromatic N) is 7. The second-order valence-corrected chi connectivity index (χ2v) is 7.85. The molecule has 26 heavy (non-hydrogen) atoms. The van der Waals surface area contributed by atoms with E-state index >= 15 is 0 Å². The average molecular weight is 366 g/mol. The summed E-state index contributed by atoms with van der Waals surface area (Å²) in [7, 11) is 0. The van der Waals surface area contributed by atoms with Crippen LogP contribution in [0.25, 0.3) is 17.0 Å². The van der Waals surface area contributed by atoms with Crippen molar-refractivity contribution in [3.8, 4) is 11.4 Å². The number of hydrogen-bond donors (Lipinski definition) is 1. The van der Waals surface area contributed by atoms with Gasteiger partial charge < -0.3 is 5.84 Å². The fourth-order valence-electron chi connectivity index (χ4n) is 2.55. The fourth-order valence-corrected chi connectivity index (χ4v) is 3.26. The van der Waals surface area contributed by atoms with E-state index in [0.717, 1.165) is 16.4 Å². The van der Waals surface area contributed by atoms with Crippen LogP contribution in [0, 0.1) is 0 Å². The third-order valence-electron chi connectivity index (χ3n) is 3.80. The third kappa shape index (κ3) is 2.90. The Labute approximate surface area is 154 Å². The molecule has 0 aliphatic heterocycles. The molecule has 132 valence electrons. The normalized spacial score (nSPS) is 12.0. The summed E-state index contributed by atoms with van der Waals surface area (Å²) >= 11 is 1.35. The van der Waals surface area contributed by atoms with Crippen LogP contribution in [-0.4, -0.2) is 34.7 Å². The van der Waals surface area contributed by atoms with Crippen molar-refractivity contribution in [2.24, 2.45) is 0 Å². The van der Waals surface area contributed by atoms with Gasteiger partial charge in [0.15, 0.2) is 17.3 Å². The van der Waals surface area contributed by atoms with E-state index in [4.69, 9.17) is 5.84 Å². The first-order valence-electron chi connectivity index (χ1n) is 8.10. The second kappa shape index (κ2) is 6.10. The van der Waals surface area contributed by atoms with Crippen LogP contribution < -0.4 is 5.84 Å². The molecule has 0 radical (unpaired) electrons. The van der Waals surface area contributed by atoms with Gasteiger partial charge in [0.1, 0.15) is 5.03 Å². The summed E-state index contributed by atoms with van der Waals surface area (Å²) in [5, 5.41) is 22.8. The zero-order valence-electron chi connectivity index (χ0n) is 14.7. The van der Waals surface area contributed by atoms with E-state index in [-0.39, 0.29) is 5.41 Å². The van der Waals surface area contributed by atoms with Gasteiger partial charge in [0.05, 0.1) is 0 Å². The van der Waals surface area contributed by atoms with Gasteiger partial charge in [0, 0.05) is 11.0 Å². The van der Waals surface area contributed by atoms with Gasteiger partial charge >= 0.3 is 0 Å². The van der Waals surface area contributed by atoms with Gasteiger partial charge in [0.2, 0.25) is 5.16 Å². The third-order valence-corrected chi connectivity index (χ3v) is 4.69. The molecule has 0 saturated carbocycles. The van der Waals surface area contributed by atoms with Gasteiger partial charge in [-0.1, -0.05) is 51.1 Å². The molecule has 0 spiro atoms. The molecular formula is C17H18N8S. The van der Waals surface area contributed by atoms with Crippen molar-refractivity contribution in [2.45, 2.75) is 36.4 Å². The zero-order valence-corrected chi connectivity index (χ0v) is 15.5. The lowest BCUT2D eigenvalue weighted by molar-refractivity contribution is 0.523. The van der Waals surface area contributed by atoms with Crippen molar-refractivity contribution >= 4 is 17.4 Å². The van der Waals surface area contributed by atoms with Crippen molar-refractivity contribution < 1.29 is 0 Å². The van der Waals surface area contributed by atoms with E-state index in [1.54, 1.807) is 4.52 Å². The molecule has 9 heteroatoms. The highest BCUT2D eigenvalue weighted by molar-refractivity contribution is 7.99. The van der Waals surface area contributed by atoms with Crippen molar-refractivity contribution in [1.82, 2.24) is 34.7 Å². The van der Waals surface area contributed by atoms with Crippen molar-refractivity contribution in [3.63, 3.8) is 0 Å². The lowest BCUT2D eigenvalue weighted by Crippen LogP contribution is -2.24. The van der Waals surface area contributed by atoms with E-state index in [1.165, 1.54) is 16.4 Å². The lowest BCUT2D eigenvalue weighted by Gasteiger charge is -2.16. The molecule has 4 aromatic rings. The van der Waals surface area contributed by atoms with Crippen LogP contribution in [0.1, 0.15) is 26.6 Å². The number of hydrogen-bond acceptors (Lipinski definition) is 7. The first-order valence-corrected chi connectivity index (χ1v) is 8.92. The molecule has 0 bridgehead atoms. The fraction of sp³-hybridized carbons (Fsp3) is 0.235. The maximum absolute atomic E-state index is 6.16. The number of aromatic nitrogens is 7. The van der Waals surface area contributed by atoms with Crippen LogP contribution in [0.3, 0.4) is 0 Å². The van der Waals surface area contributed by atoms with Crippen molar-refractivity contribution in [3.05, 3.63) is 48.3 Å². The topological polar surface area (TPSA) is 99.8 Å². The van der Waals surface area contributed by atoms with E-state index in [2.05, 4.69) is 25.5 Å². The molecule has 2 N–H and O–H groups in total. The SMILES string of the molecule is CC(C)(C)c1nnc(Sc2ccc3nnc(-c4ccccc4)n3n2)n1N. The van der Waals surface area contributed by atoms with Crippen LogP contribution in [-0.2, 0) is 5.41 Å². The molecule has 0 aliphatic rings. The largest absolute Gasteiger partial charge is 0.336 e. The van der Waals surface area contributed by atoms with Gasteiger partial charge in [-0.2, -0.15) is 9.61 Å². The number of benzene rings is 1. The Balaban J connectivity index is 1.71. The molecule has 8 nitrogen and oxygen atoms in total. The van der Waals surface area contributed by atoms with Crippen LogP contribution in [0.15, 0.2) is 52.6 Å². The maximum Gasteiger partial charge on any atom is 0.216 e. The van der Waals surface area contributed by atoms with Crippen molar-refractivity contribution in [2.75, 3.05) is 5.84 Å². The Bertz CT molecular complexity index is 1060. The Morgan fingerprint density at radius 1 is 0.923 bits per heavy atom. The monoisotopic (exact) mass is 366 g/mol. The molecule has 4 rings (SSSR count). The molecule has 0 aliphatic carbocycles. The minimum Gasteiger partial charge on any atom is -0.336 e. The Hall–Kier alpha value is -2.94. The lowest BCUT2D eigenvalue weighted by atomic mass is 9.96. The van der Waals surface area contributed by atoms with E-state index in [1.807, 2.05) is 63.2 Å². The highest BCUT2D eigenvalue weighted by Crippen LogP contribution is 2.28. The number of nitrogens with two attached hydrogens (primary N) is 1. The molecule has 0 unspecified atom stereocenters. The van der Waals surface area contributed by atoms with Gasteiger partial charge in [-0.05, 0) is 23.9 Å². The first-order chi connectivity index (χ1) is 12.4. The predicted octanol–water partition coefficient (Wildman–Crippen LogP) is 2.55. The Morgan fingerprint density at radius 2 is 1.69 bits per heavy atom. The minimum absolute atomic E-state index is 0.188. The van der Waals surface area contributed by atoms with Gasteiger partial charge in [-0.25, -0.2) is 4.68 Å². The molecule has 1 aromatic carbocycles. The van der Waals surface area contributed by atoms with E-state index < -0.39 is 0 Å². The van der Waals surface area contributed by atoms with Gasteiger partial charge in [-0.15, -0.1) is 20.4 Å². The Morgan fingerprint density at radius 3 is 2.38 bits per heavy atom. The van der Waals surface area contributed by atoms with Crippen LogP contribution >= 0.6 is 11.8 Å². The minimum atomic E-state index is -0.188. The number of rotatable bonds is 3. The summed E-state index contributed by atoms with van der Waals surface area (Å²) in [5.41, 5.74) is 1.44. The number of nitrogen functional groups attached to an aromatic ring is 1. The molecular weight excluding hydrogens is 348 g/mol. The molecule has 0 amide bonds. The summed E-state index contributed by atoms with van der Waals surface area (Å²) in [6.07, 6.45) is 0. The molecule has 0 saturated heterocycles. The first kappa shape index (κ1) is 16.5. The molecule has 0 atom stereocenters. The summed E-state index contributed by atoms with van der Waals surface area (Å²) in [6, 6.07) is 13.6.